The van der Waals surface area contributed by atoms with Gasteiger partial charge in [-0.3, -0.25) is 0 Å². The van der Waals surface area contributed by atoms with Crippen molar-refractivity contribution in [2.24, 2.45) is 0 Å². The predicted molar refractivity (Wildman–Crippen MR) is 405 cm³/mol. The molecule has 3 aromatic heterocycles. The highest BCUT2D eigenvalue weighted by molar-refractivity contribution is 7.25. The standard InChI is InChI=1S/C51H33N3.C39H25N3S/c1-3-13-34(14-4-1)39-18-12-20-42(32-39)51-53-49(36-15-5-2-6-16-36)52-50(54-51)37-27-25-35(26-28-37)38-17-11-19-40(31-38)41-29-30-47-45-23-8-7-21-43(45)44-22-9-10-24-46(44)48(47)33-41;1-3-11-26(12-4-1)37-40-38(27-13-5-2-6-14-27)42-39(41-37)32-18-10-17-30(24-32)28-15-9-16-29(23-28)31-21-22-36-34(25-31)33-19-7-8-20-35(33)43-36/h1-33H;1-25H. The maximum Gasteiger partial charge on any atom is 0.164 e. The lowest BCUT2D eigenvalue weighted by Gasteiger charge is -2.13. The van der Waals surface area contributed by atoms with Crippen LogP contribution in [-0.2, 0) is 0 Å². The van der Waals surface area contributed by atoms with Crippen LogP contribution in [-0.4, -0.2) is 29.9 Å². The number of thiophene rings is 1. The number of fused-ring (bicyclic) bond motifs is 9. The van der Waals surface area contributed by atoms with Gasteiger partial charge in [-0.15, -0.1) is 11.3 Å². The third-order valence-electron chi connectivity index (χ3n) is 18.0. The Morgan fingerprint density at radius 1 is 0.134 bits per heavy atom. The van der Waals surface area contributed by atoms with Crippen molar-refractivity contribution in [3.63, 3.8) is 0 Å². The summed E-state index contributed by atoms with van der Waals surface area (Å²) in [6, 6.07) is 123. The molecule has 97 heavy (non-hydrogen) atoms. The molecule has 0 aliphatic heterocycles. The topological polar surface area (TPSA) is 77.3 Å². The number of hydrogen-bond donors (Lipinski definition) is 0. The molecule has 18 rings (SSSR count). The molecule has 6 nitrogen and oxygen atoms in total. The van der Waals surface area contributed by atoms with Gasteiger partial charge in [0.15, 0.2) is 34.9 Å². The van der Waals surface area contributed by atoms with E-state index < -0.39 is 0 Å². The molecule has 0 atom stereocenters. The van der Waals surface area contributed by atoms with E-state index in [2.05, 4.69) is 255 Å². The molecular formula is C90H58N6S. The van der Waals surface area contributed by atoms with E-state index in [1.54, 1.807) is 0 Å². The maximum atomic E-state index is 5.03. The van der Waals surface area contributed by atoms with Crippen LogP contribution >= 0.6 is 11.3 Å². The van der Waals surface area contributed by atoms with Gasteiger partial charge in [0, 0.05) is 53.6 Å². The highest BCUT2D eigenvalue weighted by atomic mass is 32.1. The van der Waals surface area contributed by atoms with Crippen molar-refractivity contribution in [3.05, 3.63) is 352 Å². The lowest BCUT2D eigenvalue weighted by molar-refractivity contribution is 1.07. The van der Waals surface area contributed by atoms with Crippen LogP contribution in [0.1, 0.15) is 0 Å². The van der Waals surface area contributed by atoms with Gasteiger partial charge in [0.25, 0.3) is 0 Å². The van der Waals surface area contributed by atoms with Gasteiger partial charge in [0.2, 0.25) is 0 Å². The van der Waals surface area contributed by atoms with Gasteiger partial charge >= 0.3 is 0 Å². The van der Waals surface area contributed by atoms with E-state index in [0.717, 1.165) is 66.8 Å². The molecule has 0 aliphatic carbocycles. The van der Waals surface area contributed by atoms with Gasteiger partial charge in [-0.2, -0.15) is 0 Å². The number of hydrogen-bond acceptors (Lipinski definition) is 7. The summed E-state index contributed by atoms with van der Waals surface area (Å²) in [6.07, 6.45) is 0. The van der Waals surface area contributed by atoms with E-state index in [1.165, 1.54) is 74.7 Å². The van der Waals surface area contributed by atoms with Crippen LogP contribution in [0.25, 0.3) is 176 Å². The van der Waals surface area contributed by atoms with Crippen LogP contribution in [0.4, 0.5) is 0 Å². The zero-order chi connectivity index (χ0) is 64.4. The van der Waals surface area contributed by atoms with Crippen LogP contribution in [0.3, 0.4) is 0 Å². The third kappa shape index (κ3) is 11.8. The lowest BCUT2D eigenvalue weighted by atomic mass is 9.91. The Balaban J connectivity index is 0.000000150. The monoisotopic (exact) mass is 1250 g/mol. The smallest absolute Gasteiger partial charge is 0.164 e. The molecule has 7 heteroatoms. The lowest BCUT2D eigenvalue weighted by Crippen LogP contribution is -2.00. The summed E-state index contributed by atoms with van der Waals surface area (Å²) in [5, 5.41) is 10.3. The second-order valence-corrected chi connectivity index (χ2v) is 25.2. The zero-order valence-electron chi connectivity index (χ0n) is 52.6. The van der Waals surface area contributed by atoms with E-state index in [-0.39, 0.29) is 0 Å². The summed E-state index contributed by atoms with van der Waals surface area (Å²) in [7, 11) is 0. The van der Waals surface area contributed by atoms with Crippen molar-refractivity contribution in [3.8, 4) is 124 Å². The van der Waals surface area contributed by atoms with Crippen molar-refractivity contribution < 1.29 is 0 Å². The molecule has 0 amide bonds. The van der Waals surface area contributed by atoms with E-state index >= 15 is 0 Å². The van der Waals surface area contributed by atoms with Gasteiger partial charge in [-0.25, -0.2) is 29.9 Å². The molecule has 0 unspecified atom stereocenters. The molecule has 0 bridgehead atoms. The minimum atomic E-state index is 0.639. The van der Waals surface area contributed by atoms with Gasteiger partial charge in [-0.05, 0) is 136 Å². The van der Waals surface area contributed by atoms with Gasteiger partial charge < -0.3 is 0 Å². The SMILES string of the molecule is c1ccc(-c2cccc(-c3nc(-c4ccccc4)nc(-c4ccc(-c5cccc(-c6ccc7c8ccccc8c8ccccc8c7c6)c5)cc4)n3)c2)cc1.c1ccc(-c2nc(-c3ccccc3)nc(-c3cccc(-c4cccc(-c5ccc6sc7ccccc7c6c5)c4)c3)n2)cc1. The van der Waals surface area contributed by atoms with Crippen molar-refractivity contribution >= 4 is 63.8 Å². The summed E-state index contributed by atoms with van der Waals surface area (Å²) in [5.74, 6) is 3.90. The minimum Gasteiger partial charge on any atom is -0.208 e. The molecule has 454 valence electrons. The Morgan fingerprint density at radius 3 is 0.804 bits per heavy atom. The highest BCUT2D eigenvalue weighted by Crippen LogP contribution is 2.41. The van der Waals surface area contributed by atoms with Crippen LogP contribution < -0.4 is 0 Å². The summed E-state index contributed by atoms with van der Waals surface area (Å²) in [5.41, 5.74) is 17.3. The Morgan fingerprint density at radius 2 is 0.371 bits per heavy atom. The zero-order valence-corrected chi connectivity index (χ0v) is 53.4. The van der Waals surface area contributed by atoms with Crippen molar-refractivity contribution in [1.29, 1.82) is 0 Å². The van der Waals surface area contributed by atoms with E-state index in [9.17, 15) is 0 Å². The van der Waals surface area contributed by atoms with E-state index in [1.807, 2.05) is 108 Å². The predicted octanol–water partition coefficient (Wildman–Crippen LogP) is 23.9. The fourth-order valence-electron chi connectivity index (χ4n) is 13.2. The average Bonchev–Trinajstić information content (AvgIpc) is 1.26. The summed E-state index contributed by atoms with van der Waals surface area (Å²) in [4.78, 5) is 29.7. The summed E-state index contributed by atoms with van der Waals surface area (Å²) >= 11 is 1.85. The molecule has 0 aliphatic rings. The molecule has 18 aromatic rings. The second kappa shape index (κ2) is 25.7. The largest absolute Gasteiger partial charge is 0.208 e. The third-order valence-corrected chi connectivity index (χ3v) is 19.2. The van der Waals surface area contributed by atoms with Crippen LogP contribution in [0.2, 0.25) is 0 Å². The van der Waals surface area contributed by atoms with E-state index in [4.69, 9.17) is 29.9 Å². The molecule has 0 fully saturated rings. The normalized spacial score (nSPS) is 11.3. The van der Waals surface area contributed by atoms with Crippen molar-refractivity contribution in [1.82, 2.24) is 29.9 Å². The molecule has 0 saturated heterocycles. The number of rotatable bonds is 11. The fraction of sp³-hybridized carbons (Fsp3) is 0. The first-order valence-corrected chi connectivity index (χ1v) is 33.4. The molecule has 3 heterocycles. The molecule has 0 N–H and O–H groups in total. The Kier molecular flexibility index (Phi) is 15.4. The Hall–Kier alpha value is -12.7. The number of benzene rings is 15. The van der Waals surface area contributed by atoms with E-state index in [0.29, 0.717) is 34.9 Å². The maximum absolute atomic E-state index is 5.03. The summed E-state index contributed by atoms with van der Waals surface area (Å²) < 4.78 is 2.64. The van der Waals surface area contributed by atoms with Crippen molar-refractivity contribution in [2.75, 3.05) is 0 Å². The first-order valence-electron chi connectivity index (χ1n) is 32.5. The van der Waals surface area contributed by atoms with Crippen molar-refractivity contribution in [2.45, 2.75) is 0 Å². The number of nitrogens with zero attached hydrogens (tertiary/aromatic N) is 6. The molecule has 0 radical (unpaired) electrons. The first kappa shape index (κ1) is 58.2. The van der Waals surface area contributed by atoms with Crippen LogP contribution in [0, 0.1) is 0 Å². The minimum absolute atomic E-state index is 0.639. The van der Waals surface area contributed by atoms with Gasteiger partial charge in [0.05, 0.1) is 0 Å². The molecule has 15 aromatic carbocycles. The van der Waals surface area contributed by atoms with Crippen LogP contribution in [0.5, 0.6) is 0 Å². The first-order chi connectivity index (χ1) is 48.0. The second-order valence-electron chi connectivity index (χ2n) is 24.1. The molecular weight excluding hydrogens is 1200 g/mol. The molecule has 0 saturated carbocycles. The quantitative estimate of drug-likeness (QED) is 0.120. The fourth-order valence-corrected chi connectivity index (χ4v) is 14.2. The summed E-state index contributed by atoms with van der Waals surface area (Å²) in [6.45, 7) is 0. The highest BCUT2D eigenvalue weighted by Gasteiger charge is 2.18. The van der Waals surface area contributed by atoms with Crippen LogP contribution in [0.15, 0.2) is 352 Å². The molecule has 0 spiro atoms. The Bertz CT molecular complexity index is 5840. The Labute approximate surface area is 565 Å². The van der Waals surface area contributed by atoms with Gasteiger partial charge in [0.1, 0.15) is 0 Å². The average molecular weight is 1260 g/mol. The van der Waals surface area contributed by atoms with Gasteiger partial charge in [-0.1, -0.05) is 303 Å². The number of aromatic nitrogens is 6.